The first-order valence-electron chi connectivity index (χ1n) is 23.6. The zero-order valence-electron chi connectivity index (χ0n) is 40.3. The lowest BCUT2D eigenvalue weighted by Crippen LogP contribution is -2.11. The molecule has 9 aromatic carbocycles. The number of nitrogens with zero attached hydrogens (tertiary/aromatic N) is 2. The van der Waals surface area contributed by atoms with Crippen LogP contribution in [-0.2, 0) is 0 Å². The molecular weight excluding hydrogens is 693 g/mol. The molecule has 0 atom stereocenters. The number of anilines is 3. The Bertz CT molecular complexity index is 3640. The van der Waals surface area contributed by atoms with Crippen LogP contribution in [0.5, 0.6) is 0 Å². The van der Waals surface area contributed by atoms with Gasteiger partial charge in [-0.1, -0.05) is 157 Å². The number of benzene rings is 9. The highest BCUT2D eigenvalue weighted by Gasteiger charge is 2.24. The molecule has 268 valence electrons. The van der Waals surface area contributed by atoms with Crippen molar-refractivity contribution in [2.45, 2.75) is 0 Å². The fourth-order valence-corrected chi connectivity index (χ4v) is 7.99. The van der Waals surface area contributed by atoms with Crippen molar-refractivity contribution in [3.63, 3.8) is 0 Å². The fraction of sp³-hybridized carbons (Fsp3) is 0. The summed E-state index contributed by atoms with van der Waals surface area (Å²) in [7, 11) is 0. The van der Waals surface area contributed by atoms with Crippen molar-refractivity contribution in [1.29, 1.82) is 0 Å². The number of fused-ring (bicyclic) bond motifs is 6. The number of aromatic nitrogens is 1. The number of hydrogen-bond donors (Lipinski definition) is 0. The van der Waals surface area contributed by atoms with Crippen molar-refractivity contribution >= 4 is 60.8 Å². The van der Waals surface area contributed by atoms with E-state index in [1.807, 2.05) is 91.0 Å². The SMILES string of the molecule is [2H]c1c([2H])c([2H])c(-c2ccc(N(c3ccc(-c4c([2H])c([2H])c([2H])c([2H])c4[2H])cc3)c3cc4c(cc3-c3cccc5c3oc3ccccc35)c3ccccc3n4-c3ccccc3)cc2)c([2H])c1[2H]. The first-order valence-corrected chi connectivity index (χ1v) is 18.6. The second-order valence-corrected chi connectivity index (χ2v) is 13.8. The molecule has 11 rings (SSSR count). The van der Waals surface area contributed by atoms with Crippen molar-refractivity contribution in [3.05, 3.63) is 218 Å². The highest BCUT2D eigenvalue weighted by molar-refractivity contribution is 6.16. The van der Waals surface area contributed by atoms with Crippen molar-refractivity contribution < 1.29 is 18.1 Å². The van der Waals surface area contributed by atoms with Gasteiger partial charge >= 0.3 is 0 Å². The summed E-state index contributed by atoms with van der Waals surface area (Å²) in [4.78, 5) is 2.07. The summed E-state index contributed by atoms with van der Waals surface area (Å²) in [5, 5.41) is 3.97. The first kappa shape index (κ1) is 24.0. The van der Waals surface area contributed by atoms with Crippen molar-refractivity contribution in [1.82, 2.24) is 4.57 Å². The van der Waals surface area contributed by atoms with Crippen molar-refractivity contribution in [3.8, 4) is 39.1 Å². The Hall–Kier alpha value is -7.62. The van der Waals surface area contributed by atoms with Crippen LogP contribution in [0.25, 0.3) is 82.8 Å². The topological polar surface area (TPSA) is 21.3 Å². The molecular formula is C54H36N2O. The lowest BCUT2D eigenvalue weighted by molar-refractivity contribution is 0.670. The van der Waals surface area contributed by atoms with Gasteiger partial charge in [0, 0.05) is 49.7 Å². The van der Waals surface area contributed by atoms with Gasteiger partial charge < -0.3 is 13.9 Å². The molecule has 0 fully saturated rings. The average Bonchev–Trinajstić information content (AvgIpc) is 3.90. The van der Waals surface area contributed by atoms with Crippen LogP contribution in [0.4, 0.5) is 17.1 Å². The van der Waals surface area contributed by atoms with Crippen molar-refractivity contribution in [2.75, 3.05) is 4.90 Å². The number of para-hydroxylation sites is 4. The summed E-state index contributed by atoms with van der Waals surface area (Å²) in [6, 6.07) is 47.4. The van der Waals surface area contributed by atoms with Gasteiger partial charge in [0.2, 0.25) is 0 Å². The Morgan fingerprint density at radius 3 is 1.67 bits per heavy atom. The van der Waals surface area contributed by atoms with E-state index in [1.54, 1.807) is 24.3 Å². The lowest BCUT2D eigenvalue weighted by Gasteiger charge is -2.29. The van der Waals surface area contributed by atoms with Crippen LogP contribution in [-0.4, -0.2) is 4.57 Å². The third kappa shape index (κ3) is 5.60. The monoisotopic (exact) mass is 738 g/mol. The summed E-state index contributed by atoms with van der Waals surface area (Å²) in [6.07, 6.45) is 0. The Balaban J connectivity index is 1.22. The smallest absolute Gasteiger partial charge is 0.143 e. The summed E-state index contributed by atoms with van der Waals surface area (Å²) in [5.74, 6) is 0. The number of rotatable bonds is 7. The summed E-state index contributed by atoms with van der Waals surface area (Å²) >= 11 is 0. The molecule has 2 aromatic heterocycles. The van der Waals surface area contributed by atoms with E-state index in [0.29, 0.717) is 28.1 Å². The van der Waals surface area contributed by atoms with Gasteiger partial charge in [-0.05, 0) is 82.9 Å². The lowest BCUT2D eigenvalue weighted by atomic mass is 9.96. The van der Waals surface area contributed by atoms with Crippen molar-refractivity contribution in [2.24, 2.45) is 0 Å². The maximum absolute atomic E-state index is 8.73. The summed E-state index contributed by atoms with van der Waals surface area (Å²) < 4.78 is 93.7. The molecule has 3 heteroatoms. The van der Waals surface area contributed by atoms with Gasteiger partial charge in [-0.25, -0.2) is 0 Å². The second kappa shape index (κ2) is 13.6. The normalized spacial score (nSPS) is 14.0. The first-order chi connectivity index (χ1) is 32.4. The van der Waals surface area contributed by atoms with Gasteiger partial charge in [0.05, 0.1) is 30.4 Å². The molecule has 0 aliphatic rings. The van der Waals surface area contributed by atoms with Crippen LogP contribution >= 0.6 is 0 Å². The minimum absolute atomic E-state index is 0.0816. The maximum atomic E-state index is 8.73. The molecule has 57 heavy (non-hydrogen) atoms. The standard InChI is InChI=1S/C54H36N2O/c1-4-15-37(16-5-1)39-27-31-42(32-28-39)55(43-33-29-40(30-34-43)38-17-6-2-7-18-38)51-36-52-48(44-21-10-12-25-50(44)56(52)41-19-8-3-9-20-41)35-49(51)47-24-14-23-46-45-22-11-13-26-53(45)57-54(46)47/h1-36H/i1D,2D,4D,5D,6D,7D,15D,16D,17D,18D. The van der Waals surface area contributed by atoms with Gasteiger partial charge in [-0.15, -0.1) is 0 Å². The third-order valence-corrected chi connectivity index (χ3v) is 10.6. The van der Waals surface area contributed by atoms with Gasteiger partial charge in [0.15, 0.2) is 0 Å². The molecule has 0 N–H and O–H groups in total. The second-order valence-electron chi connectivity index (χ2n) is 13.8. The predicted molar refractivity (Wildman–Crippen MR) is 239 cm³/mol. The van der Waals surface area contributed by atoms with E-state index in [9.17, 15) is 0 Å². The zero-order valence-corrected chi connectivity index (χ0v) is 30.3. The fourth-order valence-electron chi connectivity index (χ4n) is 7.99. The maximum Gasteiger partial charge on any atom is 0.143 e. The highest BCUT2D eigenvalue weighted by Crippen LogP contribution is 2.48. The van der Waals surface area contributed by atoms with Gasteiger partial charge in [0.25, 0.3) is 0 Å². The Kier molecular flexibility index (Phi) is 5.73. The number of hydrogen-bond acceptors (Lipinski definition) is 2. The average molecular weight is 739 g/mol. The Labute approximate surface area is 345 Å². The minimum Gasteiger partial charge on any atom is -0.455 e. The van der Waals surface area contributed by atoms with Crippen LogP contribution in [0.3, 0.4) is 0 Å². The molecule has 0 saturated heterocycles. The molecule has 0 spiro atoms. The van der Waals surface area contributed by atoms with E-state index in [4.69, 9.17) is 18.1 Å². The van der Waals surface area contributed by atoms with E-state index in [2.05, 4.69) is 51.9 Å². The molecule has 0 radical (unpaired) electrons. The minimum atomic E-state index is -0.469. The molecule has 11 aromatic rings. The van der Waals surface area contributed by atoms with Gasteiger partial charge in [-0.3, -0.25) is 0 Å². The highest BCUT2D eigenvalue weighted by atomic mass is 16.3. The van der Waals surface area contributed by atoms with E-state index in [1.165, 1.54) is 0 Å². The summed E-state index contributed by atoms with van der Waals surface area (Å²) in [5.41, 5.74) is 9.08. The molecule has 0 aliphatic heterocycles. The molecule has 0 saturated carbocycles. The molecule has 2 heterocycles. The third-order valence-electron chi connectivity index (χ3n) is 10.6. The van der Waals surface area contributed by atoms with Gasteiger partial charge in [-0.2, -0.15) is 0 Å². The zero-order chi connectivity index (χ0) is 46.4. The Morgan fingerprint density at radius 1 is 0.421 bits per heavy atom. The van der Waals surface area contributed by atoms with E-state index in [-0.39, 0.29) is 35.3 Å². The van der Waals surface area contributed by atoms with Crippen LogP contribution in [0.1, 0.15) is 13.7 Å². The number of furan rings is 1. The predicted octanol–water partition coefficient (Wildman–Crippen LogP) is 15.2. The van der Waals surface area contributed by atoms with Crippen LogP contribution < -0.4 is 4.90 Å². The van der Waals surface area contributed by atoms with Crippen LogP contribution in [0.2, 0.25) is 0 Å². The van der Waals surface area contributed by atoms with E-state index in [0.717, 1.165) is 60.7 Å². The molecule has 0 amide bonds. The molecule has 3 nitrogen and oxygen atoms in total. The molecule has 0 bridgehead atoms. The van der Waals surface area contributed by atoms with Gasteiger partial charge in [0.1, 0.15) is 11.2 Å². The van der Waals surface area contributed by atoms with Crippen LogP contribution in [0, 0.1) is 0 Å². The van der Waals surface area contributed by atoms with Crippen LogP contribution in [0.15, 0.2) is 223 Å². The molecule has 0 aliphatic carbocycles. The van der Waals surface area contributed by atoms with E-state index < -0.39 is 36.3 Å². The molecule has 0 unspecified atom stereocenters. The Morgan fingerprint density at radius 2 is 1.00 bits per heavy atom. The quantitative estimate of drug-likeness (QED) is 0.162. The largest absolute Gasteiger partial charge is 0.455 e. The van der Waals surface area contributed by atoms with E-state index >= 15 is 0 Å². The summed E-state index contributed by atoms with van der Waals surface area (Å²) in [6.45, 7) is 0.